The van der Waals surface area contributed by atoms with E-state index in [-0.39, 0.29) is 0 Å². The lowest BCUT2D eigenvalue weighted by molar-refractivity contribution is 0.790. The summed E-state index contributed by atoms with van der Waals surface area (Å²) in [4.78, 5) is 0. The summed E-state index contributed by atoms with van der Waals surface area (Å²) in [6.07, 6.45) is 7.18. The van der Waals surface area contributed by atoms with Crippen LogP contribution in [0.5, 0.6) is 0 Å². The molecule has 0 rings (SSSR count). The Kier molecular flexibility index (Phi) is 25.3. The Balaban J connectivity index is -0.000000376. The summed E-state index contributed by atoms with van der Waals surface area (Å²) in [5.41, 5.74) is 2.48. The average Bonchev–Trinajstić information content (AvgIpc) is 2.37. The van der Waals surface area contributed by atoms with Crippen molar-refractivity contribution in [2.45, 2.75) is 48.0 Å². The number of hydrogen-bond acceptors (Lipinski definition) is 1. The van der Waals surface area contributed by atoms with E-state index in [0.29, 0.717) is 0 Å². The third-order valence-corrected chi connectivity index (χ3v) is 1.77. The Labute approximate surface area is 103 Å². The zero-order valence-electron chi connectivity index (χ0n) is 12.4. The third-order valence-electron chi connectivity index (χ3n) is 1.77. The fourth-order valence-electron chi connectivity index (χ4n) is 0.831. The van der Waals surface area contributed by atoms with Gasteiger partial charge in [-0.15, -0.1) is 0 Å². The van der Waals surface area contributed by atoms with Crippen LogP contribution in [0.4, 0.5) is 0 Å². The molecule has 0 aromatic rings. The van der Waals surface area contributed by atoms with Gasteiger partial charge in [0.25, 0.3) is 0 Å². The first-order chi connectivity index (χ1) is 7.72. The molecule has 0 aliphatic carbocycles. The Hall–Kier alpha value is -0.820. The molecule has 0 unspecified atom stereocenters. The molecule has 1 heteroatoms. The monoisotopic (exact) mass is 225 g/mol. The summed E-state index contributed by atoms with van der Waals surface area (Å²) in [7, 11) is 1.96. The maximum absolute atomic E-state index is 4.00. The molecule has 1 N–H and O–H groups in total. The van der Waals surface area contributed by atoms with E-state index in [4.69, 9.17) is 0 Å². The van der Waals surface area contributed by atoms with Crippen molar-refractivity contribution < 1.29 is 0 Å². The van der Waals surface area contributed by atoms with Gasteiger partial charge in [-0.05, 0) is 39.4 Å². The topological polar surface area (TPSA) is 12.0 Å². The van der Waals surface area contributed by atoms with E-state index in [9.17, 15) is 0 Å². The lowest BCUT2D eigenvalue weighted by Gasteiger charge is -2.04. The molecule has 0 spiro atoms. The van der Waals surface area contributed by atoms with Crippen LogP contribution in [-0.2, 0) is 0 Å². The summed E-state index contributed by atoms with van der Waals surface area (Å²) in [5, 5.41) is 3.10. The summed E-state index contributed by atoms with van der Waals surface area (Å²) in [6, 6.07) is 0. The number of rotatable bonds is 5. The van der Waals surface area contributed by atoms with E-state index >= 15 is 0 Å². The number of nitrogens with one attached hydrogen (secondary N) is 1. The third kappa shape index (κ3) is 15.6. The Morgan fingerprint density at radius 2 is 1.69 bits per heavy atom. The van der Waals surface area contributed by atoms with Gasteiger partial charge in [-0.2, -0.15) is 0 Å². The van der Waals surface area contributed by atoms with Crippen LogP contribution < -0.4 is 5.32 Å². The molecule has 0 fully saturated rings. The van der Waals surface area contributed by atoms with Crippen molar-refractivity contribution >= 4 is 0 Å². The highest BCUT2D eigenvalue weighted by molar-refractivity contribution is 5.29. The highest BCUT2D eigenvalue weighted by atomic mass is 14.8. The molecular weight excluding hydrogens is 194 g/mol. The van der Waals surface area contributed by atoms with Crippen LogP contribution in [0.15, 0.2) is 36.0 Å². The van der Waals surface area contributed by atoms with Gasteiger partial charge in [0, 0.05) is 0 Å². The highest BCUT2D eigenvalue weighted by Crippen LogP contribution is 2.09. The largest absolute Gasteiger partial charge is 0.319 e. The molecule has 0 aliphatic rings. The van der Waals surface area contributed by atoms with Crippen LogP contribution in [0.1, 0.15) is 48.0 Å². The Bertz CT molecular complexity index is 188. The Morgan fingerprint density at radius 3 is 2.06 bits per heavy atom. The summed E-state index contributed by atoms with van der Waals surface area (Å²) < 4.78 is 0. The molecule has 0 saturated heterocycles. The molecule has 0 aromatic carbocycles. The second-order valence-electron chi connectivity index (χ2n) is 2.83. The minimum Gasteiger partial charge on any atom is -0.319 e. The van der Waals surface area contributed by atoms with Crippen LogP contribution in [0.3, 0.4) is 0 Å². The van der Waals surface area contributed by atoms with E-state index in [0.717, 1.165) is 13.0 Å². The first kappa shape index (κ1) is 20.6. The standard InChI is InChI=1S/C11H19N.2C2H6/c1-5-6-7-10(2)11(3)8-9-12-4;2*1-2/h5-7,12H,3,8-9H2,1-2,4H3;2*1-2H3/b6-5-,10-7-;;. The van der Waals surface area contributed by atoms with Crippen LogP contribution in [0.2, 0.25) is 0 Å². The minimum absolute atomic E-state index is 1.000. The maximum Gasteiger partial charge on any atom is -0.00115 e. The molecule has 0 radical (unpaired) electrons. The predicted molar refractivity (Wildman–Crippen MR) is 79.0 cm³/mol. The quantitative estimate of drug-likeness (QED) is 0.667. The van der Waals surface area contributed by atoms with Gasteiger partial charge in [-0.25, -0.2) is 0 Å². The smallest absolute Gasteiger partial charge is 0.00115 e. The van der Waals surface area contributed by atoms with Crippen LogP contribution in [-0.4, -0.2) is 13.6 Å². The lowest BCUT2D eigenvalue weighted by Crippen LogP contribution is -2.08. The summed E-state index contributed by atoms with van der Waals surface area (Å²) >= 11 is 0. The van der Waals surface area contributed by atoms with Gasteiger partial charge < -0.3 is 5.32 Å². The maximum atomic E-state index is 4.00. The van der Waals surface area contributed by atoms with Crippen molar-refractivity contribution in [3.8, 4) is 0 Å². The second kappa shape index (κ2) is 19.7. The van der Waals surface area contributed by atoms with Crippen molar-refractivity contribution in [1.82, 2.24) is 5.32 Å². The summed E-state index contributed by atoms with van der Waals surface area (Å²) in [5.74, 6) is 0. The summed E-state index contributed by atoms with van der Waals surface area (Å²) in [6.45, 7) is 17.1. The molecule has 96 valence electrons. The fourth-order valence-corrected chi connectivity index (χ4v) is 0.831. The lowest BCUT2D eigenvalue weighted by atomic mass is 10.1. The molecule has 0 aliphatic heterocycles. The van der Waals surface area contributed by atoms with Crippen LogP contribution >= 0.6 is 0 Å². The van der Waals surface area contributed by atoms with Crippen molar-refractivity contribution in [3.05, 3.63) is 36.0 Å². The second-order valence-corrected chi connectivity index (χ2v) is 2.83. The number of hydrogen-bond donors (Lipinski definition) is 1. The zero-order valence-corrected chi connectivity index (χ0v) is 12.4. The van der Waals surface area contributed by atoms with E-state index in [2.05, 4.69) is 24.9 Å². The van der Waals surface area contributed by atoms with Gasteiger partial charge in [0.05, 0.1) is 0 Å². The Morgan fingerprint density at radius 1 is 1.19 bits per heavy atom. The van der Waals surface area contributed by atoms with Crippen molar-refractivity contribution in [1.29, 1.82) is 0 Å². The van der Waals surface area contributed by atoms with Gasteiger partial charge in [0.1, 0.15) is 0 Å². The number of allylic oxidation sites excluding steroid dienone is 4. The van der Waals surface area contributed by atoms with Gasteiger partial charge in [-0.1, -0.05) is 58.1 Å². The van der Waals surface area contributed by atoms with E-state index in [1.807, 2.05) is 53.8 Å². The first-order valence-electron chi connectivity index (χ1n) is 6.34. The van der Waals surface area contributed by atoms with Crippen LogP contribution in [0.25, 0.3) is 0 Å². The SMILES string of the molecule is C=C(CCNC)/C(C)=C\C=C/C.CC.CC. The first-order valence-corrected chi connectivity index (χ1v) is 6.34. The molecule has 0 amide bonds. The molecular formula is C15H31N. The van der Waals surface area contributed by atoms with Crippen molar-refractivity contribution in [2.75, 3.05) is 13.6 Å². The van der Waals surface area contributed by atoms with E-state index in [1.54, 1.807) is 0 Å². The van der Waals surface area contributed by atoms with Crippen molar-refractivity contribution in [2.24, 2.45) is 0 Å². The van der Waals surface area contributed by atoms with E-state index < -0.39 is 0 Å². The molecule has 16 heavy (non-hydrogen) atoms. The average molecular weight is 225 g/mol. The van der Waals surface area contributed by atoms with Gasteiger partial charge in [0.15, 0.2) is 0 Å². The highest BCUT2D eigenvalue weighted by Gasteiger charge is 1.93. The van der Waals surface area contributed by atoms with E-state index in [1.165, 1.54) is 11.1 Å². The predicted octanol–water partition coefficient (Wildman–Crippen LogP) is 4.73. The zero-order chi connectivity index (χ0) is 13.4. The molecule has 0 bridgehead atoms. The molecule has 1 nitrogen and oxygen atoms in total. The normalized spacial score (nSPS) is 10.1. The van der Waals surface area contributed by atoms with Gasteiger partial charge in [0.2, 0.25) is 0 Å². The minimum atomic E-state index is 1.000. The molecule has 0 heterocycles. The van der Waals surface area contributed by atoms with Crippen LogP contribution in [0, 0.1) is 0 Å². The fraction of sp³-hybridized carbons (Fsp3) is 0.600. The van der Waals surface area contributed by atoms with Gasteiger partial charge in [-0.3, -0.25) is 0 Å². The molecule has 0 aromatic heterocycles. The molecule has 0 saturated carbocycles. The van der Waals surface area contributed by atoms with Gasteiger partial charge >= 0.3 is 0 Å². The van der Waals surface area contributed by atoms with Crippen molar-refractivity contribution in [3.63, 3.8) is 0 Å². The molecule has 0 atom stereocenters.